The summed E-state index contributed by atoms with van der Waals surface area (Å²) in [6.45, 7) is 3.42. The third kappa shape index (κ3) is 4.38. The molecule has 3 nitrogen and oxygen atoms in total. The average molecular weight is 322 g/mol. The number of alkyl halides is 3. The third-order valence-corrected chi connectivity index (χ3v) is 3.44. The van der Waals surface area contributed by atoms with Crippen LogP contribution in [0, 0.1) is 11.2 Å². The summed E-state index contributed by atoms with van der Waals surface area (Å²) in [5, 5.41) is 2.42. The highest BCUT2D eigenvalue weighted by Crippen LogP contribution is 2.31. The van der Waals surface area contributed by atoms with Gasteiger partial charge in [-0.05, 0) is 18.2 Å². The lowest BCUT2D eigenvalue weighted by atomic mass is 9.93. The van der Waals surface area contributed by atoms with Crippen molar-refractivity contribution >= 4 is 23.1 Å². The number of nitrogens with two attached hydrogens (primary N) is 1. The van der Waals surface area contributed by atoms with Gasteiger partial charge in [0.05, 0.1) is 10.6 Å². The molecule has 0 aliphatic rings. The number of hydrogen-bond acceptors (Lipinski definition) is 2. The van der Waals surface area contributed by atoms with E-state index >= 15 is 0 Å². The number of benzene rings is 1. The van der Waals surface area contributed by atoms with Crippen molar-refractivity contribution in [2.24, 2.45) is 11.1 Å². The van der Waals surface area contributed by atoms with Crippen molar-refractivity contribution in [2.45, 2.75) is 20.0 Å². The molecule has 0 fully saturated rings. The molecule has 1 aromatic carbocycles. The van der Waals surface area contributed by atoms with Gasteiger partial charge in [-0.15, -0.1) is 0 Å². The van der Waals surface area contributed by atoms with Crippen molar-refractivity contribution in [3.8, 4) is 0 Å². The Hall–Kier alpha value is -1.70. The van der Waals surface area contributed by atoms with Gasteiger partial charge in [0.2, 0.25) is 0 Å². The van der Waals surface area contributed by atoms with E-state index in [1.807, 2.05) is 0 Å². The van der Waals surface area contributed by atoms with Gasteiger partial charge >= 0.3 is 6.18 Å². The summed E-state index contributed by atoms with van der Waals surface area (Å²) < 4.78 is 50.8. The number of hydrogen-bond donors (Lipinski definition) is 2. The van der Waals surface area contributed by atoms with Crippen molar-refractivity contribution in [3.63, 3.8) is 0 Å². The topological polar surface area (TPSA) is 55.1 Å². The minimum Gasteiger partial charge on any atom is -0.393 e. The number of amides is 1. The van der Waals surface area contributed by atoms with E-state index in [0.717, 1.165) is 6.07 Å². The summed E-state index contributed by atoms with van der Waals surface area (Å²) in [6, 6.07) is 2.06. The van der Waals surface area contributed by atoms with E-state index in [4.69, 9.17) is 18.0 Å². The van der Waals surface area contributed by atoms with E-state index in [0.29, 0.717) is 12.1 Å². The van der Waals surface area contributed by atoms with Crippen molar-refractivity contribution in [1.82, 2.24) is 5.32 Å². The van der Waals surface area contributed by atoms with Crippen LogP contribution < -0.4 is 11.1 Å². The molecule has 8 heteroatoms. The summed E-state index contributed by atoms with van der Waals surface area (Å²) in [6.07, 6.45) is -4.86. The fourth-order valence-electron chi connectivity index (χ4n) is 1.37. The Morgan fingerprint density at radius 1 is 1.33 bits per heavy atom. The van der Waals surface area contributed by atoms with Crippen LogP contribution in [0.4, 0.5) is 17.6 Å². The first-order chi connectivity index (χ1) is 9.45. The monoisotopic (exact) mass is 322 g/mol. The number of carbonyl (C=O) groups excluding carboxylic acids is 1. The van der Waals surface area contributed by atoms with E-state index < -0.39 is 28.9 Å². The summed E-state index contributed by atoms with van der Waals surface area (Å²) in [5.74, 6) is -2.19. The van der Waals surface area contributed by atoms with Crippen LogP contribution in [0.2, 0.25) is 0 Å². The molecule has 0 heterocycles. The van der Waals surface area contributed by atoms with Gasteiger partial charge in [0, 0.05) is 17.5 Å². The molecule has 0 aliphatic heterocycles. The van der Waals surface area contributed by atoms with Crippen LogP contribution in [0.5, 0.6) is 0 Å². The van der Waals surface area contributed by atoms with Crippen molar-refractivity contribution in [3.05, 3.63) is 35.1 Å². The van der Waals surface area contributed by atoms with E-state index in [2.05, 4.69) is 5.32 Å². The van der Waals surface area contributed by atoms with E-state index in [9.17, 15) is 22.4 Å². The number of rotatable bonds is 4. The summed E-state index contributed by atoms with van der Waals surface area (Å²) in [7, 11) is 0. The lowest BCUT2D eigenvalue weighted by molar-refractivity contribution is -0.140. The Bertz CT molecular complexity index is 570. The Kier molecular flexibility index (Phi) is 4.93. The molecule has 0 atom stereocenters. The molecule has 0 saturated heterocycles. The second kappa shape index (κ2) is 5.97. The van der Waals surface area contributed by atoms with Gasteiger partial charge in [-0.1, -0.05) is 26.1 Å². The summed E-state index contributed by atoms with van der Waals surface area (Å²) in [5.41, 5.74) is 3.02. The van der Waals surface area contributed by atoms with Crippen molar-refractivity contribution < 1.29 is 22.4 Å². The molecule has 3 N–H and O–H groups in total. The highest BCUT2D eigenvalue weighted by Gasteiger charge is 2.34. The molecule has 0 aromatic heterocycles. The second-order valence-electron chi connectivity index (χ2n) is 5.12. The molecule has 1 rings (SSSR count). The van der Waals surface area contributed by atoms with Crippen LogP contribution in [0.15, 0.2) is 18.2 Å². The van der Waals surface area contributed by atoms with Crippen LogP contribution >= 0.6 is 12.2 Å². The van der Waals surface area contributed by atoms with Crippen molar-refractivity contribution in [1.29, 1.82) is 0 Å². The molecule has 21 heavy (non-hydrogen) atoms. The average Bonchev–Trinajstić information content (AvgIpc) is 2.35. The van der Waals surface area contributed by atoms with Crippen LogP contribution in [0.25, 0.3) is 0 Å². The molecule has 0 saturated carbocycles. The molecule has 0 aliphatic carbocycles. The van der Waals surface area contributed by atoms with Gasteiger partial charge in [-0.25, -0.2) is 4.39 Å². The van der Waals surface area contributed by atoms with Gasteiger partial charge in [-0.3, -0.25) is 4.79 Å². The van der Waals surface area contributed by atoms with Gasteiger partial charge in [-0.2, -0.15) is 13.2 Å². The molecule has 116 valence electrons. The van der Waals surface area contributed by atoms with Crippen LogP contribution in [-0.2, 0) is 6.18 Å². The van der Waals surface area contributed by atoms with Gasteiger partial charge in [0.15, 0.2) is 0 Å². The van der Waals surface area contributed by atoms with Crippen LogP contribution in [0.3, 0.4) is 0 Å². The fraction of sp³-hybridized carbons (Fsp3) is 0.385. The maximum absolute atomic E-state index is 13.1. The standard InChI is InChI=1S/C13H14F4N2OS/c1-12(2,11(18)21)6-19-10(20)7-3-4-9(14)8(5-7)13(15,16)17/h3-5H,6H2,1-2H3,(H2,18,21)(H,19,20). The second-order valence-corrected chi connectivity index (χ2v) is 5.56. The molecule has 0 bridgehead atoms. The Balaban J connectivity index is 2.92. The maximum atomic E-state index is 13.1. The lowest BCUT2D eigenvalue weighted by Gasteiger charge is -2.23. The largest absolute Gasteiger partial charge is 0.419 e. The first-order valence-electron chi connectivity index (χ1n) is 5.90. The minimum atomic E-state index is -4.86. The number of halogens is 4. The lowest BCUT2D eigenvalue weighted by Crippen LogP contribution is -2.41. The number of nitrogens with one attached hydrogen (secondary N) is 1. The maximum Gasteiger partial charge on any atom is 0.419 e. The first kappa shape index (κ1) is 17.4. The Labute approximate surface area is 124 Å². The Morgan fingerprint density at radius 3 is 2.38 bits per heavy atom. The molecule has 0 spiro atoms. The SMILES string of the molecule is CC(C)(CNC(=O)c1ccc(F)c(C(F)(F)F)c1)C(N)=S. The molecular formula is C13H14F4N2OS. The normalized spacial score (nSPS) is 12.1. The van der Waals surface area contributed by atoms with Crippen LogP contribution in [0.1, 0.15) is 29.8 Å². The summed E-state index contributed by atoms with van der Waals surface area (Å²) >= 11 is 4.82. The highest BCUT2D eigenvalue weighted by molar-refractivity contribution is 7.80. The molecule has 0 radical (unpaired) electrons. The fourth-order valence-corrected chi connectivity index (χ4v) is 1.45. The zero-order valence-electron chi connectivity index (χ0n) is 11.3. The zero-order chi connectivity index (χ0) is 16.4. The number of carbonyl (C=O) groups is 1. The minimum absolute atomic E-state index is 0.0555. The van der Waals surface area contributed by atoms with Gasteiger partial charge in [0.25, 0.3) is 5.91 Å². The summed E-state index contributed by atoms with van der Waals surface area (Å²) in [4.78, 5) is 12.0. The first-order valence-corrected chi connectivity index (χ1v) is 6.31. The molecule has 1 amide bonds. The van der Waals surface area contributed by atoms with E-state index in [1.165, 1.54) is 0 Å². The van der Waals surface area contributed by atoms with E-state index in [-0.39, 0.29) is 17.1 Å². The highest BCUT2D eigenvalue weighted by atomic mass is 32.1. The molecule has 0 unspecified atom stereocenters. The van der Waals surface area contributed by atoms with Crippen LogP contribution in [-0.4, -0.2) is 17.4 Å². The third-order valence-electron chi connectivity index (χ3n) is 2.89. The predicted molar refractivity (Wildman–Crippen MR) is 74.3 cm³/mol. The Morgan fingerprint density at radius 2 is 1.90 bits per heavy atom. The molecular weight excluding hydrogens is 308 g/mol. The molecule has 1 aromatic rings. The van der Waals surface area contributed by atoms with Gasteiger partial charge in [0.1, 0.15) is 5.82 Å². The number of thiocarbonyl (C=S) groups is 1. The smallest absolute Gasteiger partial charge is 0.393 e. The predicted octanol–water partition coefficient (Wildman–Crippen LogP) is 2.89. The van der Waals surface area contributed by atoms with E-state index in [1.54, 1.807) is 13.8 Å². The zero-order valence-corrected chi connectivity index (χ0v) is 12.2. The quantitative estimate of drug-likeness (QED) is 0.662. The van der Waals surface area contributed by atoms with Crippen molar-refractivity contribution in [2.75, 3.05) is 6.54 Å². The van der Waals surface area contributed by atoms with Gasteiger partial charge < -0.3 is 11.1 Å².